The molecule has 0 spiro atoms. The lowest BCUT2D eigenvalue weighted by molar-refractivity contribution is 1.43. The molecule has 0 heterocycles. The first-order chi connectivity index (χ1) is 6.56. The Bertz CT molecular complexity index is 303. The van der Waals surface area contributed by atoms with Gasteiger partial charge in [0.25, 0.3) is 0 Å². The lowest BCUT2D eigenvalue weighted by atomic mass is 10.1. The van der Waals surface area contributed by atoms with Crippen molar-refractivity contribution in [3.05, 3.63) is 59.6 Å². The Hall–Kier alpha value is -0.950. The SMILES string of the molecule is C=C/C(=C\C(C=C)=C(/C)SC)C(=C)C. The molecule has 0 aliphatic rings. The van der Waals surface area contributed by atoms with Gasteiger partial charge in [0.15, 0.2) is 0 Å². The van der Waals surface area contributed by atoms with Gasteiger partial charge in [0, 0.05) is 0 Å². The molecular formula is C13H18S. The van der Waals surface area contributed by atoms with Crippen LogP contribution in [0.2, 0.25) is 0 Å². The molecule has 0 aromatic heterocycles. The molecule has 1 heteroatoms. The topological polar surface area (TPSA) is 0 Å². The van der Waals surface area contributed by atoms with Crippen LogP contribution < -0.4 is 0 Å². The smallest absolute Gasteiger partial charge is 0.0114 e. The molecule has 14 heavy (non-hydrogen) atoms. The van der Waals surface area contributed by atoms with E-state index < -0.39 is 0 Å². The maximum atomic E-state index is 3.90. The van der Waals surface area contributed by atoms with E-state index in [4.69, 9.17) is 0 Å². The van der Waals surface area contributed by atoms with Crippen molar-refractivity contribution < 1.29 is 0 Å². The zero-order valence-electron chi connectivity index (χ0n) is 9.26. The maximum absolute atomic E-state index is 3.90. The second kappa shape index (κ2) is 6.50. The molecular weight excluding hydrogens is 188 g/mol. The second-order valence-corrected chi connectivity index (χ2v) is 4.02. The first-order valence-corrected chi connectivity index (χ1v) is 5.66. The van der Waals surface area contributed by atoms with Gasteiger partial charge in [-0.25, -0.2) is 0 Å². The minimum Gasteiger partial charge on any atom is -0.134 e. The van der Waals surface area contributed by atoms with Gasteiger partial charge < -0.3 is 0 Å². The second-order valence-electron chi connectivity index (χ2n) is 3.00. The van der Waals surface area contributed by atoms with Crippen LogP contribution in [-0.2, 0) is 0 Å². The molecule has 0 fully saturated rings. The number of hydrogen-bond acceptors (Lipinski definition) is 1. The Labute approximate surface area is 91.8 Å². The third-order valence-corrected chi connectivity index (χ3v) is 2.80. The van der Waals surface area contributed by atoms with E-state index in [0.717, 1.165) is 16.7 Å². The standard InChI is InChI=1S/C13H18S/c1-7-12(10(3)4)9-13(8-2)11(5)14-6/h7-9H,1-3H2,4-6H3/b12-9+,13-11+. The predicted octanol–water partition coefficient (Wildman–Crippen LogP) is 4.50. The van der Waals surface area contributed by atoms with E-state index in [0.29, 0.717) is 0 Å². The quantitative estimate of drug-likeness (QED) is 0.597. The summed E-state index contributed by atoms with van der Waals surface area (Å²) >= 11 is 1.72. The van der Waals surface area contributed by atoms with E-state index in [1.807, 2.05) is 19.1 Å². The van der Waals surface area contributed by atoms with Gasteiger partial charge in [0.1, 0.15) is 0 Å². The van der Waals surface area contributed by atoms with E-state index >= 15 is 0 Å². The number of hydrogen-bond donors (Lipinski definition) is 0. The minimum atomic E-state index is 1.02. The lowest BCUT2D eigenvalue weighted by Gasteiger charge is -2.04. The van der Waals surface area contributed by atoms with E-state index in [1.165, 1.54) is 4.91 Å². The maximum Gasteiger partial charge on any atom is -0.0114 e. The van der Waals surface area contributed by atoms with E-state index in [-0.39, 0.29) is 0 Å². The minimum absolute atomic E-state index is 1.02. The highest BCUT2D eigenvalue weighted by Crippen LogP contribution is 2.20. The zero-order valence-corrected chi connectivity index (χ0v) is 10.1. The van der Waals surface area contributed by atoms with Gasteiger partial charge in [0.2, 0.25) is 0 Å². The molecule has 0 radical (unpaired) electrons. The summed E-state index contributed by atoms with van der Waals surface area (Å²) in [6.07, 6.45) is 7.80. The molecule has 0 N–H and O–H groups in total. The van der Waals surface area contributed by atoms with Crippen molar-refractivity contribution in [3.63, 3.8) is 0 Å². The summed E-state index contributed by atoms with van der Waals surface area (Å²) in [7, 11) is 0. The van der Waals surface area contributed by atoms with Gasteiger partial charge in [-0.2, -0.15) is 0 Å². The summed E-state index contributed by atoms with van der Waals surface area (Å²) in [5.74, 6) is 0. The average molecular weight is 206 g/mol. The van der Waals surface area contributed by atoms with Crippen molar-refractivity contribution in [1.82, 2.24) is 0 Å². The zero-order chi connectivity index (χ0) is 11.1. The van der Waals surface area contributed by atoms with Crippen LogP contribution in [0.25, 0.3) is 0 Å². The Balaban J connectivity index is 5.18. The van der Waals surface area contributed by atoms with Crippen molar-refractivity contribution >= 4 is 11.8 Å². The monoisotopic (exact) mass is 206 g/mol. The van der Waals surface area contributed by atoms with E-state index in [1.54, 1.807) is 11.8 Å². The van der Waals surface area contributed by atoms with Gasteiger partial charge in [-0.1, -0.05) is 37.5 Å². The van der Waals surface area contributed by atoms with Crippen LogP contribution in [0, 0.1) is 0 Å². The number of allylic oxidation sites excluding steroid dienone is 7. The van der Waals surface area contributed by atoms with Crippen molar-refractivity contribution in [2.45, 2.75) is 13.8 Å². The molecule has 0 rings (SSSR count). The summed E-state index contributed by atoms with van der Waals surface area (Å²) in [6.45, 7) is 15.5. The van der Waals surface area contributed by atoms with Crippen LogP contribution in [-0.4, -0.2) is 6.26 Å². The lowest BCUT2D eigenvalue weighted by Crippen LogP contribution is -1.83. The van der Waals surface area contributed by atoms with E-state index in [2.05, 4.69) is 39.0 Å². The highest BCUT2D eigenvalue weighted by Gasteiger charge is 1.97. The molecule has 0 atom stereocenters. The van der Waals surface area contributed by atoms with Gasteiger partial charge >= 0.3 is 0 Å². The molecule has 0 saturated heterocycles. The molecule has 0 aliphatic carbocycles. The van der Waals surface area contributed by atoms with Crippen molar-refractivity contribution in [1.29, 1.82) is 0 Å². The average Bonchev–Trinajstić information content (AvgIpc) is 2.18. The van der Waals surface area contributed by atoms with Crippen LogP contribution >= 0.6 is 11.8 Å². The molecule has 0 saturated carbocycles. The first kappa shape index (κ1) is 13.1. The number of thioether (sulfide) groups is 1. The highest BCUT2D eigenvalue weighted by atomic mass is 32.2. The fourth-order valence-electron chi connectivity index (χ4n) is 0.946. The fraction of sp³-hybridized carbons (Fsp3) is 0.231. The Morgan fingerprint density at radius 2 is 1.71 bits per heavy atom. The number of rotatable bonds is 5. The molecule has 0 unspecified atom stereocenters. The largest absolute Gasteiger partial charge is 0.134 e. The Morgan fingerprint density at radius 1 is 1.14 bits per heavy atom. The third kappa shape index (κ3) is 3.84. The van der Waals surface area contributed by atoms with Crippen molar-refractivity contribution in [2.75, 3.05) is 6.26 Å². The molecule has 0 aromatic carbocycles. The van der Waals surface area contributed by atoms with Crippen LogP contribution in [0.3, 0.4) is 0 Å². The van der Waals surface area contributed by atoms with Crippen molar-refractivity contribution in [2.24, 2.45) is 0 Å². The van der Waals surface area contributed by atoms with Crippen LogP contribution in [0.1, 0.15) is 13.8 Å². The van der Waals surface area contributed by atoms with Crippen molar-refractivity contribution in [3.8, 4) is 0 Å². The third-order valence-electron chi connectivity index (χ3n) is 1.96. The van der Waals surface area contributed by atoms with Crippen LogP contribution in [0.5, 0.6) is 0 Å². The Morgan fingerprint density at radius 3 is 2.00 bits per heavy atom. The van der Waals surface area contributed by atoms with E-state index in [9.17, 15) is 0 Å². The fourth-order valence-corrected chi connectivity index (χ4v) is 1.32. The van der Waals surface area contributed by atoms with Crippen LogP contribution in [0.4, 0.5) is 0 Å². The normalized spacial score (nSPS) is 13.2. The summed E-state index contributed by atoms with van der Waals surface area (Å²) in [6, 6.07) is 0. The summed E-state index contributed by atoms with van der Waals surface area (Å²) in [5, 5.41) is 0. The molecule has 0 nitrogen and oxygen atoms in total. The Kier molecular flexibility index (Phi) is 6.06. The molecule has 76 valence electrons. The van der Waals surface area contributed by atoms with Gasteiger partial charge in [-0.3, -0.25) is 0 Å². The summed E-state index contributed by atoms with van der Waals surface area (Å²) in [4.78, 5) is 1.25. The molecule has 0 aromatic rings. The van der Waals surface area contributed by atoms with Gasteiger partial charge in [0.05, 0.1) is 0 Å². The first-order valence-electron chi connectivity index (χ1n) is 4.44. The van der Waals surface area contributed by atoms with Gasteiger partial charge in [-0.05, 0) is 42.2 Å². The van der Waals surface area contributed by atoms with Crippen LogP contribution in [0.15, 0.2) is 59.6 Å². The molecule has 0 aliphatic heterocycles. The summed E-state index contributed by atoms with van der Waals surface area (Å²) < 4.78 is 0. The summed E-state index contributed by atoms with van der Waals surface area (Å²) in [5.41, 5.74) is 3.22. The predicted molar refractivity (Wildman–Crippen MR) is 69.5 cm³/mol. The molecule has 0 amide bonds. The van der Waals surface area contributed by atoms with Gasteiger partial charge in [-0.15, -0.1) is 11.8 Å². The highest BCUT2D eigenvalue weighted by molar-refractivity contribution is 8.02. The molecule has 0 bridgehead atoms.